The number of oxime groups is 1. The Balaban J connectivity index is 2.94. The number of ether oxygens (including phenoxy) is 1. The van der Waals surface area contributed by atoms with Gasteiger partial charge in [0.15, 0.2) is 0 Å². The summed E-state index contributed by atoms with van der Waals surface area (Å²) in [6.45, 7) is 4.54. The van der Waals surface area contributed by atoms with Gasteiger partial charge in [-0.15, -0.1) is 0 Å². The molecule has 0 aromatic rings. The number of aliphatic hydroxyl groups is 1. The van der Waals surface area contributed by atoms with Crippen molar-refractivity contribution in [3.8, 4) is 0 Å². The first-order chi connectivity index (χ1) is 7.74. The molecule has 0 aliphatic heterocycles. The minimum atomic E-state index is -0.482. The Hall–Kier alpha value is -1.03. The summed E-state index contributed by atoms with van der Waals surface area (Å²) in [6, 6.07) is 0. The molecule has 1 aliphatic carbocycles. The van der Waals surface area contributed by atoms with Crippen LogP contribution in [0.15, 0.2) is 16.5 Å². The molecule has 2 N–H and O–H groups in total. The van der Waals surface area contributed by atoms with Crippen LogP contribution in [-0.4, -0.2) is 28.7 Å². The van der Waals surface area contributed by atoms with Gasteiger partial charge in [0.2, 0.25) is 0 Å². The number of hydrogen-bond acceptors (Lipinski definition) is 4. The molecule has 0 spiro atoms. The Labute approximate surface area is 96.6 Å². The maximum absolute atomic E-state index is 9.89. The van der Waals surface area contributed by atoms with Crippen molar-refractivity contribution in [3.05, 3.63) is 11.3 Å². The highest BCUT2D eigenvalue weighted by atomic mass is 16.5. The third kappa shape index (κ3) is 2.98. The number of allylic oxidation sites excluding steroid dienone is 1. The fourth-order valence-electron chi connectivity index (χ4n) is 1.90. The fraction of sp³-hybridized carbons (Fsp3) is 0.750. The quantitative estimate of drug-likeness (QED) is 0.560. The number of rotatable bonds is 5. The summed E-state index contributed by atoms with van der Waals surface area (Å²) in [6.07, 6.45) is 3.53. The lowest BCUT2D eigenvalue weighted by Crippen LogP contribution is -2.22. The Morgan fingerprint density at radius 1 is 1.38 bits per heavy atom. The number of hydrogen-bond donors (Lipinski definition) is 2. The molecule has 1 unspecified atom stereocenters. The van der Waals surface area contributed by atoms with E-state index < -0.39 is 6.10 Å². The van der Waals surface area contributed by atoms with Gasteiger partial charge in [-0.3, -0.25) is 0 Å². The first-order valence-corrected chi connectivity index (χ1v) is 5.99. The van der Waals surface area contributed by atoms with Crippen molar-refractivity contribution in [1.82, 2.24) is 0 Å². The van der Waals surface area contributed by atoms with Gasteiger partial charge in [-0.05, 0) is 32.1 Å². The van der Waals surface area contributed by atoms with E-state index in [1.807, 2.05) is 13.8 Å². The first kappa shape index (κ1) is 13.0. The highest BCUT2D eigenvalue weighted by molar-refractivity contribution is 5.99. The molecule has 16 heavy (non-hydrogen) atoms. The van der Waals surface area contributed by atoms with Gasteiger partial charge in [0.05, 0.1) is 12.7 Å². The van der Waals surface area contributed by atoms with E-state index in [1.54, 1.807) is 0 Å². The molecule has 92 valence electrons. The number of aliphatic hydroxyl groups excluding tert-OH is 1. The summed E-state index contributed by atoms with van der Waals surface area (Å²) in [5, 5.41) is 22.1. The molecule has 1 rings (SSSR count). The highest BCUT2D eigenvalue weighted by Gasteiger charge is 2.24. The van der Waals surface area contributed by atoms with Crippen molar-refractivity contribution in [1.29, 1.82) is 0 Å². The van der Waals surface area contributed by atoms with Gasteiger partial charge < -0.3 is 15.1 Å². The highest BCUT2D eigenvalue weighted by Crippen LogP contribution is 2.27. The smallest absolute Gasteiger partial charge is 0.145 e. The SMILES string of the molecule is CCCOC1=C(C(O)CC)CCCC1=NO. The second-order valence-corrected chi connectivity index (χ2v) is 4.03. The summed E-state index contributed by atoms with van der Waals surface area (Å²) >= 11 is 0. The molecular formula is C12H21NO3. The lowest BCUT2D eigenvalue weighted by atomic mass is 9.91. The van der Waals surface area contributed by atoms with Gasteiger partial charge in [0, 0.05) is 5.57 Å². The zero-order valence-electron chi connectivity index (χ0n) is 10.1. The average molecular weight is 227 g/mol. The molecule has 1 aliphatic rings. The van der Waals surface area contributed by atoms with Crippen LogP contribution in [0.5, 0.6) is 0 Å². The molecule has 0 radical (unpaired) electrons. The summed E-state index contributed by atoms with van der Waals surface area (Å²) in [7, 11) is 0. The lowest BCUT2D eigenvalue weighted by molar-refractivity contribution is 0.173. The van der Waals surface area contributed by atoms with E-state index in [4.69, 9.17) is 9.94 Å². The molecule has 0 amide bonds. The second-order valence-electron chi connectivity index (χ2n) is 4.03. The summed E-state index contributed by atoms with van der Waals surface area (Å²) in [5.74, 6) is 0.616. The molecule has 0 bridgehead atoms. The first-order valence-electron chi connectivity index (χ1n) is 5.99. The van der Waals surface area contributed by atoms with Crippen LogP contribution in [-0.2, 0) is 4.74 Å². The molecule has 4 heteroatoms. The van der Waals surface area contributed by atoms with Crippen LogP contribution in [0.1, 0.15) is 46.0 Å². The maximum atomic E-state index is 9.89. The third-order valence-electron chi connectivity index (χ3n) is 2.77. The van der Waals surface area contributed by atoms with E-state index in [0.29, 0.717) is 24.5 Å². The Morgan fingerprint density at radius 2 is 2.12 bits per heavy atom. The monoisotopic (exact) mass is 227 g/mol. The van der Waals surface area contributed by atoms with Gasteiger partial charge in [0.1, 0.15) is 11.5 Å². The topological polar surface area (TPSA) is 62.0 Å². The van der Waals surface area contributed by atoms with Crippen LogP contribution in [0.2, 0.25) is 0 Å². The zero-order chi connectivity index (χ0) is 12.0. The van der Waals surface area contributed by atoms with Crippen LogP contribution in [0.3, 0.4) is 0 Å². The Bertz CT molecular complexity index is 284. The van der Waals surface area contributed by atoms with Gasteiger partial charge >= 0.3 is 0 Å². The van der Waals surface area contributed by atoms with Crippen molar-refractivity contribution in [2.45, 2.75) is 52.1 Å². The van der Waals surface area contributed by atoms with Crippen LogP contribution >= 0.6 is 0 Å². The third-order valence-corrected chi connectivity index (χ3v) is 2.77. The minimum absolute atomic E-state index is 0.482. The second kappa shape index (κ2) is 6.53. The molecule has 0 saturated heterocycles. The van der Waals surface area contributed by atoms with E-state index in [-0.39, 0.29) is 0 Å². The lowest BCUT2D eigenvalue weighted by Gasteiger charge is -2.24. The van der Waals surface area contributed by atoms with E-state index in [0.717, 1.165) is 31.3 Å². The molecule has 0 heterocycles. The van der Waals surface area contributed by atoms with Crippen molar-refractivity contribution in [2.24, 2.45) is 5.16 Å². The molecule has 0 saturated carbocycles. The van der Waals surface area contributed by atoms with E-state index >= 15 is 0 Å². The van der Waals surface area contributed by atoms with E-state index in [1.165, 1.54) is 0 Å². The predicted molar refractivity (Wildman–Crippen MR) is 62.6 cm³/mol. The van der Waals surface area contributed by atoms with Crippen LogP contribution in [0.4, 0.5) is 0 Å². The zero-order valence-corrected chi connectivity index (χ0v) is 10.1. The van der Waals surface area contributed by atoms with Gasteiger partial charge in [-0.25, -0.2) is 0 Å². The molecule has 4 nitrogen and oxygen atoms in total. The van der Waals surface area contributed by atoms with E-state index in [2.05, 4.69) is 5.16 Å². The predicted octanol–water partition coefficient (Wildman–Crippen LogP) is 2.45. The van der Waals surface area contributed by atoms with Crippen LogP contribution < -0.4 is 0 Å². The largest absolute Gasteiger partial charge is 0.492 e. The molecular weight excluding hydrogens is 206 g/mol. The van der Waals surface area contributed by atoms with Crippen LogP contribution in [0.25, 0.3) is 0 Å². The summed E-state index contributed by atoms with van der Waals surface area (Å²) < 4.78 is 5.60. The Morgan fingerprint density at radius 3 is 2.69 bits per heavy atom. The summed E-state index contributed by atoms with van der Waals surface area (Å²) in [5.41, 5.74) is 1.46. The van der Waals surface area contributed by atoms with Gasteiger partial charge in [-0.2, -0.15) is 0 Å². The maximum Gasteiger partial charge on any atom is 0.145 e. The standard InChI is InChI=1S/C12H21NO3/c1-3-8-16-12-9(11(14)4-2)6-5-7-10(12)13-15/h11,14-15H,3-8H2,1-2H3. The normalized spacial score (nSPS) is 21.3. The van der Waals surface area contributed by atoms with Gasteiger partial charge in [-0.1, -0.05) is 19.0 Å². The fourth-order valence-corrected chi connectivity index (χ4v) is 1.90. The molecule has 0 aromatic carbocycles. The van der Waals surface area contributed by atoms with Crippen molar-refractivity contribution in [3.63, 3.8) is 0 Å². The molecule has 0 fully saturated rings. The van der Waals surface area contributed by atoms with Crippen molar-refractivity contribution < 1.29 is 15.1 Å². The summed E-state index contributed by atoms with van der Waals surface area (Å²) in [4.78, 5) is 0. The van der Waals surface area contributed by atoms with Crippen molar-refractivity contribution in [2.75, 3.05) is 6.61 Å². The molecule has 1 atom stereocenters. The minimum Gasteiger partial charge on any atom is -0.492 e. The Kier molecular flexibility index (Phi) is 5.32. The van der Waals surface area contributed by atoms with Gasteiger partial charge in [0.25, 0.3) is 0 Å². The number of nitrogens with zero attached hydrogens (tertiary/aromatic N) is 1. The van der Waals surface area contributed by atoms with Crippen molar-refractivity contribution >= 4 is 5.71 Å². The van der Waals surface area contributed by atoms with Crippen LogP contribution in [0, 0.1) is 0 Å². The average Bonchev–Trinajstić information content (AvgIpc) is 2.34. The molecule has 0 aromatic heterocycles. The van der Waals surface area contributed by atoms with E-state index in [9.17, 15) is 5.11 Å².